The number of aromatic nitrogens is 4. The number of imidazole rings is 1. The maximum Gasteiger partial charge on any atom is 0.332 e. The smallest absolute Gasteiger partial charge is 0.312 e. The van der Waals surface area contributed by atoms with Crippen molar-refractivity contribution in [3.05, 3.63) is 85.8 Å². The highest BCUT2D eigenvalue weighted by Gasteiger charge is 2.30. The van der Waals surface area contributed by atoms with E-state index in [1.807, 2.05) is 34.9 Å². The molecule has 9 heteroatoms. The van der Waals surface area contributed by atoms with E-state index in [9.17, 15) is 14.0 Å². The Bertz CT molecular complexity index is 1440. The molecule has 32 heavy (non-hydrogen) atoms. The summed E-state index contributed by atoms with van der Waals surface area (Å²) >= 11 is 6.15. The minimum atomic E-state index is -0.573. The molecule has 164 valence electrons. The Morgan fingerprint density at radius 2 is 1.84 bits per heavy atom. The quantitative estimate of drug-likeness (QED) is 0.476. The van der Waals surface area contributed by atoms with E-state index in [1.54, 1.807) is 7.05 Å². The Hall–Kier alpha value is -3.39. The Balaban J connectivity index is 1.75. The average molecular weight is 454 g/mol. The third kappa shape index (κ3) is 3.14. The van der Waals surface area contributed by atoms with Crippen LogP contribution in [0.3, 0.4) is 0 Å². The van der Waals surface area contributed by atoms with Gasteiger partial charge in [0.1, 0.15) is 5.82 Å². The minimum Gasteiger partial charge on any atom is -0.312 e. The first-order valence-electron chi connectivity index (χ1n) is 10.3. The molecule has 2 aromatic carbocycles. The second-order valence-electron chi connectivity index (χ2n) is 8.18. The zero-order chi connectivity index (χ0) is 22.6. The average Bonchev–Trinajstić information content (AvgIpc) is 3.16. The van der Waals surface area contributed by atoms with Gasteiger partial charge in [-0.1, -0.05) is 42.8 Å². The highest BCUT2D eigenvalue weighted by atomic mass is 35.5. The first-order valence-corrected chi connectivity index (χ1v) is 10.7. The van der Waals surface area contributed by atoms with Gasteiger partial charge in [-0.15, -0.1) is 0 Å². The van der Waals surface area contributed by atoms with Crippen LogP contribution in [0, 0.1) is 11.7 Å². The van der Waals surface area contributed by atoms with Crippen LogP contribution in [0.5, 0.6) is 0 Å². The second-order valence-corrected chi connectivity index (χ2v) is 8.59. The standard InChI is InChI=1S/C23H21ClFN5O2/c1-14-11-28(15-7-4-3-5-8-15)22-26-20-19(29(22)12-14)21(31)30(23(32)27(20)2)13-16-17(24)9-6-10-18(16)25/h3-10,14H,11-13H2,1-2H3/t14-/m0/s1. The minimum absolute atomic E-state index is 0.102. The summed E-state index contributed by atoms with van der Waals surface area (Å²) in [5.41, 5.74) is 0.604. The number of anilines is 2. The number of benzene rings is 2. The molecule has 0 unspecified atom stereocenters. The summed E-state index contributed by atoms with van der Waals surface area (Å²) in [6, 6.07) is 14.1. The predicted molar refractivity (Wildman–Crippen MR) is 122 cm³/mol. The van der Waals surface area contributed by atoms with Crippen LogP contribution in [0.2, 0.25) is 5.02 Å². The van der Waals surface area contributed by atoms with Crippen LogP contribution in [0.1, 0.15) is 12.5 Å². The molecule has 0 amide bonds. The molecule has 5 rings (SSSR count). The Kier molecular flexibility index (Phi) is 4.89. The number of hydrogen-bond donors (Lipinski definition) is 0. The number of hydrogen-bond acceptors (Lipinski definition) is 4. The zero-order valence-corrected chi connectivity index (χ0v) is 18.4. The van der Waals surface area contributed by atoms with Crippen molar-refractivity contribution in [3.8, 4) is 0 Å². The van der Waals surface area contributed by atoms with Gasteiger partial charge in [0.25, 0.3) is 5.56 Å². The number of rotatable bonds is 3. The lowest BCUT2D eigenvalue weighted by atomic mass is 10.1. The van der Waals surface area contributed by atoms with Gasteiger partial charge in [0.05, 0.1) is 6.54 Å². The topological polar surface area (TPSA) is 65.1 Å². The molecular weight excluding hydrogens is 433 g/mol. The molecule has 0 saturated heterocycles. The summed E-state index contributed by atoms with van der Waals surface area (Å²) in [6.45, 7) is 3.17. The maximum atomic E-state index is 14.4. The number of aryl methyl sites for hydroxylation is 1. The van der Waals surface area contributed by atoms with Crippen molar-refractivity contribution < 1.29 is 4.39 Å². The maximum absolute atomic E-state index is 14.4. The van der Waals surface area contributed by atoms with E-state index in [0.29, 0.717) is 23.7 Å². The van der Waals surface area contributed by atoms with Gasteiger partial charge in [-0.2, -0.15) is 4.98 Å². The van der Waals surface area contributed by atoms with Crippen molar-refractivity contribution in [2.24, 2.45) is 13.0 Å². The van der Waals surface area contributed by atoms with Gasteiger partial charge < -0.3 is 9.47 Å². The fourth-order valence-electron chi connectivity index (χ4n) is 4.31. The number of halogens is 2. The van der Waals surface area contributed by atoms with Gasteiger partial charge in [-0.05, 0) is 30.2 Å². The molecule has 0 fully saturated rings. The van der Waals surface area contributed by atoms with Crippen LogP contribution in [0.25, 0.3) is 11.2 Å². The largest absolute Gasteiger partial charge is 0.332 e. The van der Waals surface area contributed by atoms with E-state index in [1.165, 1.54) is 22.8 Å². The van der Waals surface area contributed by atoms with Gasteiger partial charge in [0, 0.05) is 36.4 Å². The molecule has 0 saturated carbocycles. The van der Waals surface area contributed by atoms with Crippen molar-refractivity contribution >= 4 is 34.4 Å². The van der Waals surface area contributed by atoms with Crippen molar-refractivity contribution in [1.82, 2.24) is 18.7 Å². The van der Waals surface area contributed by atoms with Crippen molar-refractivity contribution in [2.75, 3.05) is 11.4 Å². The molecule has 0 N–H and O–H groups in total. The highest BCUT2D eigenvalue weighted by molar-refractivity contribution is 6.31. The summed E-state index contributed by atoms with van der Waals surface area (Å²) in [5.74, 6) is 0.287. The van der Waals surface area contributed by atoms with Gasteiger partial charge in [0.2, 0.25) is 5.95 Å². The Morgan fingerprint density at radius 1 is 1.09 bits per heavy atom. The molecule has 0 spiro atoms. The molecule has 0 aliphatic carbocycles. The molecule has 2 aromatic heterocycles. The van der Waals surface area contributed by atoms with Gasteiger partial charge in [-0.25, -0.2) is 9.18 Å². The SMILES string of the molecule is C[C@H]1CN(c2ccccc2)c2nc3c(c(=O)n(Cc4c(F)cccc4Cl)c(=O)n3C)n2C1. The number of para-hydroxylation sites is 1. The van der Waals surface area contributed by atoms with Gasteiger partial charge >= 0.3 is 5.69 Å². The molecule has 7 nitrogen and oxygen atoms in total. The predicted octanol–water partition coefficient (Wildman–Crippen LogP) is 3.53. The molecule has 3 heterocycles. The van der Waals surface area contributed by atoms with Crippen molar-refractivity contribution in [1.29, 1.82) is 0 Å². The van der Waals surface area contributed by atoms with Gasteiger partial charge in [-0.3, -0.25) is 13.9 Å². The fraction of sp³-hybridized carbons (Fsp3) is 0.261. The number of fused-ring (bicyclic) bond motifs is 3. The summed E-state index contributed by atoms with van der Waals surface area (Å²) < 4.78 is 18.6. The third-order valence-electron chi connectivity index (χ3n) is 5.89. The van der Waals surface area contributed by atoms with E-state index in [-0.39, 0.29) is 23.0 Å². The lowest BCUT2D eigenvalue weighted by Crippen LogP contribution is -2.40. The Labute approximate surface area is 187 Å². The van der Waals surface area contributed by atoms with E-state index >= 15 is 0 Å². The van der Waals surface area contributed by atoms with Crippen LogP contribution in [0.15, 0.2) is 58.1 Å². The summed E-state index contributed by atoms with van der Waals surface area (Å²) in [5, 5.41) is 0.165. The van der Waals surface area contributed by atoms with Crippen molar-refractivity contribution in [2.45, 2.75) is 20.0 Å². The molecule has 0 bridgehead atoms. The lowest BCUT2D eigenvalue weighted by Gasteiger charge is -2.32. The Morgan fingerprint density at radius 3 is 2.56 bits per heavy atom. The first kappa shape index (κ1) is 20.5. The molecule has 1 aliphatic heterocycles. The third-order valence-corrected chi connectivity index (χ3v) is 6.24. The normalized spacial score (nSPS) is 15.9. The molecule has 1 atom stereocenters. The van der Waals surface area contributed by atoms with E-state index in [4.69, 9.17) is 11.6 Å². The fourth-order valence-corrected chi connectivity index (χ4v) is 4.53. The number of nitrogens with zero attached hydrogens (tertiary/aromatic N) is 5. The van der Waals surface area contributed by atoms with Crippen LogP contribution in [0.4, 0.5) is 16.0 Å². The summed E-state index contributed by atoms with van der Waals surface area (Å²) in [6.07, 6.45) is 0. The monoisotopic (exact) mass is 453 g/mol. The van der Waals surface area contributed by atoms with Crippen LogP contribution in [-0.2, 0) is 20.1 Å². The summed E-state index contributed by atoms with van der Waals surface area (Å²) in [7, 11) is 1.57. The lowest BCUT2D eigenvalue weighted by molar-refractivity contribution is 0.458. The second kappa shape index (κ2) is 7.63. The molecular formula is C23H21ClFN5O2. The highest BCUT2D eigenvalue weighted by Crippen LogP contribution is 2.32. The van der Waals surface area contributed by atoms with Crippen LogP contribution < -0.4 is 16.1 Å². The van der Waals surface area contributed by atoms with Crippen molar-refractivity contribution in [3.63, 3.8) is 0 Å². The van der Waals surface area contributed by atoms with Crippen LogP contribution in [-0.4, -0.2) is 25.2 Å². The van der Waals surface area contributed by atoms with E-state index in [0.717, 1.165) is 16.8 Å². The van der Waals surface area contributed by atoms with E-state index in [2.05, 4.69) is 16.8 Å². The van der Waals surface area contributed by atoms with Gasteiger partial charge in [0.15, 0.2) is 11.2 Å². The van der Waals surface area contributed by atoms with Crippen LogP contribution >= 0.6 is 11.6 Å². The summed E-state index contributed by atoms with van der Waals surface area (Å²) in [4.78, 5) is 33.3. The van der Waals surface area contributed by atoms with E-state index < -0.39 is 17.1 Å². The molecule has 4 aromatic rings. The first-order chi connectivity index (χ1) is 15.4. The molecule has 1 aliphatic rings. The molecule has 0 radical (unpaired) electrons. The zero-order valence-electron chi connectivity index (χ0n) is 17.6.